The molecule has 1 aromatic heterocycles. The fourth-order valence-electron chi connectivity index (χ4n) is 3.87. The Kier molecular flexibility index (Phi) is 5.09. The zero-order valence-corrected chi connectivity index (χ0v) is 13.8. The molecule has 0 bridgehead atoms. The second kappa shape index (κ2) is 7.23. The average Bonchev–Trinajstić information content (AvgIpc) is 2.57. The van der Waals surface area contributed by atoms with E-state index in [1.165, 1.54) is 56.2 Å². The second-order valence-electron chi connectivity index (χ2n) is 6.95. The van der Waals surface area contributed by atoms with Crippen LogP contribution in [0, 0.1) is 5.92 Å². The van der Waals surface area contributed by atoms with E-state index in [1.54, 1.807) is 5.57 Å². The molecule has 0 unspecified atom stereocenters. The molecule has 2 atom stereocenters. The van der Waals surface area contributed by atoms with Crippen LogP contribution in [-0.2, 0) is 0 Å². The first-order valence-electron chi connectivity index (χ1n) is 8.71. The van der Waals surface area contributed by atoms with Gasteiger partial charge < -0.3 is 0 Å². The van der Waals surface area contributed by atoms with Crippen molar-refractivity contribution in [1.82, 2.24) is 9.88 Å². The standard InChI is InChI=1S/C20H28N2/c1-16(2)18-10-8-17(9-11-18)15-22-13-4-3-7-20(22)19-6-5-12-21-14-19/h5-6,8,12,14,18,20H,1,3-4,7,9-11,13,15H2,2H3/t18-,20+/m1/s1. The van der Waals surface area contributed by atoms with Gasteiger partial charge in [-0.15, -0.1) is 0 Å². The Bertz CT molecular complexity index is 532. The van der Waals surface area contributed by atoms with Crippen LogP contribution < -0.4 is 0 Å². The van der Waals surface area contributed by atoms with Crippen molar-refractivity contribution in [3.63, 3.8) is 0 Å². The summed E-state index contributed by atoms with van der Waals surface area (Å²) in [7, 11) is 0. The summed E-state index contributed by atoms with van der Waals surface area (Å²) in [6.45, 7) is 8.66. The van der Waals surface area contributed by atoms with Crippen LogP contribution in [0.15, 0.2) is 48.3 Å². The van der Waals surface area contributed by atoms with E-state index in [9.17, 15) is 0 Å². The van der Waals surface area contributed by atoms with Gasteiger partial charge in [0.1, 0.15) is 0 Å². The normalized spacial score (nSPS) is 26.5. The van der Waals surface area contributed by atoms with Crippen molar-refractivity contribution < 1.29 is 0 Å². The molecule has 2 nitrogen and oxygen atoms in total. The molecule has 0 amide bonds. The summed E-state index contributed by atoms with van der Waals surface area (Å²) in [5, 5.41) is 0. The molecule has 0 aromatic carbocycles. The van der Waals surface area contributed by atoms with Crippen LogP contribution >= 0.6 is 0 Å². The second-order valence-corrected chi connectivity index (χ2v) is 6.95. The van der Waals surface area contributed by atoms with Gasteiger partial charge in [0, 0.05) is 25.0 Å². The highest BCUT2D eigenvalue weighted by molar-refractivity contribution is 5.18. The van der Waals surface area contributed by atoms with Gasteiger partial charge in [-0.05, 0) is 63.1 Å². The number of pyridine rings is 1. The molecule has 1 saturated heterocycles. The number of hydrogen-bond acceptors (Lipinski definition) is 2. The number of allylic oxidation sites excluding steroid dienone is 2. The van der Waals surface area contributed by atoms with Gasteiger partial charge in [0.25, 0.3) is 0 Å². The third-order valence-corrected chi connectivity index (χ3v) is 5.29. The maximum absolute atomic E-state index is 4.32. The minimum absolute atomic E-state index is 0.558. The highest BCUT2D eigenvalue weighted by Crippen LogP contribution is 2.34. The van der Waals surface area contributed by atoms with Gasteiger partial charge in [0.05, 0.1) is 0 Å². The number of nitrogens with zero attached hydrogens (tertiary/aromatic N) is 2. The van der Waals surface area contributed by atoms with Crippen molar-refractivity contribution in [3.8, 4) is 0 Å². The molecule has 0 saturated carbocycles. The summed E-state index contributed by atoms with van der Waals surface area (Å²) in [6, 6.07) is 4.86. The molecule has 0 radical (unpaired) electrons. The van der Waals surface area contributed by atoms with Crippen LogP contribution in [0.3, 0.4) is 0 Å². The number of rotatable bonds is 4. The van der Waals surface area contributed by atoms with Crippen molar-refractivity contribution in [2.45, 2.75) is 51.5 Å². The van der Waals surface area contributed by atoms with E-state index in [1.807, 2.05) is 6.20 Å². The molecule has 1 fully saturated rings. The van der Waals surface area contributed by atoms with Gasteiger partial charge in [-0.3, -0.25) is 9.88 Å². The SMILES string of the molecule is C=C(C)[C@@H]1CC=C(CN2CCCC[C@H]2c2cccnc2)CC1. The van der Waals surface area contributed by atoms with Gasteiger partial charge in [-0.1, -0.05) is 36.3 Å². The molecule has 2 aliphatic rings. The Balaban J connectivity index is 1.66. The maximum atomic E-state index is 4.32. The van der Waals surface area contributed by atoms with Crippen molar-refractivity contribution in [1.29, 1.82) is 0 Å². The highest BCUT2D eigenvalue weighted by atomic mass is 15.2. The van der Waals surface area contributed by atoms with Gasteiger partial charge >= 0.3 is 0 Å². The number of piperidine rings is 1. The monoisotopic (exact) mass is 296 g/mol. The molecule has 22 heavy (non-hydrogen) atoms. The summed E-state index contributed by atoms with van der Waals surface area (Å²) in [6.07, 6.45) is 14.1. The van der Waals surface area contributed by atoms with Crippen LogP contribution in [-0.4, -0.2) is 23.0 Å². The Hall–Kier alpha value is -1.41. The fraction of sp³-hybridized carbons (Fsp3) is 0.550. The lowest BCUT2D eigenvalue weighted by Gasteiger charge is -2.37. The summed E-state index contributed by atoms with van der Waals surface area (Å²) in [5.74, 6) is 0.708. The van der Waals surface area contributed by atoms with Crippen LogP contribution in [0.2, 0.25) is 0 Å². The zero-order chi connectivity index (χ0) is 15.4. The predicted octanol–water partition coefficient (Wildman–Crippen LogP) is 4.91. The number of aromatic nitrogens is 1. The lowest BCUT2D eigenvalue weighted by molar-refractivity contribution is 0.159. The molecule has 2 heterocycles. The quantitative estimate of drug-likeness (QED) is 0.734. The van der Waals surface area contributed by atoms with Crippen molar-refractivity contribution >= 4 is 0 Å². The van der Waals surface area contributed by atoms with Crippen LogP contribution in [0.1, 0.15) is 57.1 Å². The fourth-order valence-corrected chi connectivity index (χ4v) is 3.87. The molecule has 1 aliphatic carbocycles. The summed E-state index contributed by atoms with van der Waals surface area (Å²) in [5.41, 5.74) is 4.37. The van der Waals surface area contributed by atoms with Gasteiger partial charge in [-0.25, -0.2) is 0 Å². The molecule has 1 aliphatic heterocycles. The van der Waals surface area contributed by atoms with E-state index in [-0.39, 0.29) is 0 Å². The lowest BCUT2D eigenvalue weighted by Crippen LogP contribution is -2.35. The lowest BCUT2D eigenvalue weighted by atomic mass is 9.85. The summed E-state index contributed by atoms with van der Waals surface area (Å²) >= 11 is 0. The van der Waals surface area contributed by atoms with E-state index in [4.69, 9.17) is 0 Å². The van der Waals surface area contributed by atoms with Crippen molar-refractivity contribution in [2.75, 3.05) is 13.1 Å². The molecular formula is C20H28N2. The molecular weight excluding hydrogens is 268 g/mol. The van der Waals surface area contributed by atoms with E-state index in [0.717, 1.165) is 6.54 Å². The zero-order valence-electron chi connectivity index (χ0n) is 13.8. The van der Waals surface area contributed by atoms with E-state index in [2.05, 4.69) is 47.8 Å². The minimum Gasteiger partial charge on any atom is -0.292 e. The first-order valence-corrected chi connectivity index (χ1v) is 8.71. The molecule has 0 N–H and O–H groups in total. The maximum Gasteiger partial charge on any atom is 0.0366 e. The molecule has 2 heteroatoms. The van der Waals surface area contributed by atoms with Gasteiger partial charge in [0.2, 0.25) is 0 Å². The third kappa shape index (κ3) is 3.67. The molecule has 118 valence electrons. The summed E-state index contributed by atoms with van der Waals surface area (Å²) in [4.78, 5) is 6.99. The largest absolute Gasteiger partial charge is 0.292 e. The van der Waals surface area contributed by atoms with E-state index < -0.39 is 0 Å². The Labute approximate surface area is 134 Å². The van der Waals surface area contributed by atoms with Crippen LogP contribution in [0.5, 0.6) is 0 Å². The van der Waals surface area contributed by atoms with Crippen LogP contribution in [0.4, 0.5) is 0 Å². The average molecular weight is 296 g/mol. The Morgan fingerprint density at radius 1 is 1.36 bits per heavy atom. The third-order valence-electron chi connectivity index (χ3n) is 5.29. The van der Waals surface area contributed by atoms with E-state index in [0.29, 0.717) is 12.0 Å². The highest BCUT2D eigenvalue weighted by Gasteiger charge is 2.25. The smallest absolute Gasteiger partial charge is 0.0366 e. The molecule has 3 rings (SSSR count). The molecule has 1 aromatic rings. The van der Waals surface area contributed by atoms with Gasteiger partial charge in [-0.2, -0.15) is 0 Å². The summed E-state index contributed by atoms with van der Waals surface area (Å²) < 4.78 is 0. The Morgan fingerprint density at radius 3 is 2.95 bits per heavy atom. The predicted molar refractivity (Wildman–Crippen MR) is 92.6 cm³/mol. The Morgan fingerprint density at radius 2 is 2.27 bits per heavy atom. The van der Waals surface area contributed by atoms with Crippen molar-refractivity contribution in [2.24, 2.45) is 5.92 Å². The first kappa shape index (κ1) is 15.5. The number of hydrogen-bond donors (Lipinski definition) is 0. The number of likely N-dealkylation sites (tertiary alicyclic amines) is 1. The van der Waals surface area contributed by atoms with Crippen LogP contribution in [0.25, 0.3) is 0 Å². The molecule has 0 spiro atoms. The minimum atomic E-state index is 0.558. The van der Waals surface area contributed by atoms with Crippen molar-refractivity contribution in [3.05, 3.63) is 53.9 Å². The first-order chi connectivity index (χ1) is 10.7. The van der Waals surface area contributed by atoms with E-state index >= 15 is 0 Å². The van der Waals surface area contributed by atoms with Gasteiger partial charge in [0.15, 0.2) is 0 Å². The topological polar surface area (TPSA) is 16.1 Å².